The molecule has 4 rings (SSSR count). The molecule has 2 unspecified atom stereocenters. The fourth-order valence-corrected chi connectivity index (χ4v) is 5.54. The number of piperidine rings is 1. The highest BCUT2D eigenvalue weighted by Crippen LogP contribution is 2.40. The quantitative estimate of drug-likeness (QED) is 0.898. The van der Waals surface area contributed by atoms with Gasteiger partial charge in [-0.3, -0.25) is 0 Å². The summed E-state index contributed by atoms with van der Waals surface area (Å²) >= 11 is 0. The van der Waals surface area contributed by atoms with Gasteiger partial charge in [0.05, 0.1) is 4.90 Å². The Balaban J connectivity index is 1.71. The molecule has 2 atom stereocenters. The van der Waals surface area contributed by atoms with Crippen LogP contribution in [0.4, 0.5) is 5.69 Å². The summed E-state index contributed by atoms with van der Waals surface area (Å²) in [6.07, 6.45) is 4.22. The molecule has 1 aromatic carbocycles. The minimum absolute atomic E-state index is 0.251. The standard InChI is InChI=1S/C14H18N2O2S/c17-19(18,16-9-10-1-2-12(16)7-10)13-3-4-14-11(8-13)5-6-15-14/h3-4,8,10,12,15H,1-2,5-7,9H2. The van der Waals surface area contributed by atoms with Crippen LogP contribution in [0, 0.1) is 5.92 Å². The lowest BCUT2D eigenvalue weighted by Gasteiger charge is -2.26. The minimum atomic E-state index is -3.29. The maximum Gasteiger partial charge on any atom is 0.243 e. The van der Waals surface area contributed by atoms with Crippen molar-refractivity contribution in [3.05, 3.63) is 23.8 Å². The number of fused-ring (bicyclic) bond motifs is 3. The molecule has 1 N–H and O–H groups in total. The molecular formula is C14H18N2O2S. The van der Waals surface area contributed by atoms with Gasteiger partial charge in [-0.2, -0.15) is 4.31 Å². The Bertz CT molecular complexity index is 626. The maximum atomic E-state index is 12.7. The van der Waals surface area contributed by atoms with Gasteiger partial charge in [-0.1, -0.05) is 0 Å². The highest BCUT2D eigenvalue weighted by molar-refractivity contribution is 7.89. The van der Waals surface area contributed by atoms with E-state index in [2.05, 4.69) is 5.32 Å². The summed E-state index contributed by atoms with van der Waals surface area (Å²) in [6, 6.07) is 5.76. The second-order valence-corrected chi connectivity index (χ2v) is 7.79. The molecule has 1 saturated heterocycles. The van der Waals surface area contributed by atoms with E-state index < -0.39 is 10.0 Å². The molecule has 5 heteroatoms. The molecule has 102 valence electrons. The molecule has 2 bridgehead atoms. The van der Waals surface area contributed by atoms with Crippen LogP contribution in [0.25, 0.3) is 0 Å². The lowest BCUT2D eigenvalue weighted by Crippen LogP contribution is -2.37. The van der Waals surface area contributed by atoms with Crippen molar-refractivity contribution in [2.24, 2.45) is 5.92 Å². The molecule has 1 aliphatic carbocycles. The molecule has 0 amide bonds. The van der Waals surface area contributed by atoms with Crippen molar-refractivity contribution in [3.8, 4) is 0 Å². The van der Waals surface area contributed by atoms with Crippen molar-refractivity contribution in [2.75, 3.05) is 18.4 Å². The Kier molecular flexibility index (Phi) is 2.45. The molecule has 1 aromatic rings. The number of nitrogens with zero attached hydrogens (tertiary/aromatic N) is 1. The molecule has 0 radical (unpaired) electrons. The van der Waals surface area contributed by atoms with Gasteiger partial charge in [0.15, 0.2) is 0 Å². The van der Waals surface area contributed by atoms with Crippen molar-refractivity contribution >= 4 is 15.7 Å². The van der Waals surface area contributed by atoms with Gasteiger partial charge in [-0.05, 0) is 55.4 Å². The van der Waals surface area contributed by atoms with Gasteiger partial charge in [-0.15, -0.1) is 0 Å². The van der Waals surface area contributed by atoms with Crippen molar-refractivity contribution < 1.29 is 8.42 Å². The van der Waals surface area contributed by atoms with Crippen LogP contribution in [-0.2, 0) is 16.4 Å². The maximum absolute atomic E-state index is 12.7. The molecule has 2 fully saturated rings. The fraction of sp³-hybridized carbons (Fsp3) is 0.571. The molecule has 4 nitrogen and oxygen atoms in total. The number of sulfonamides is 1. The number of benzene rings is 1. The molecular weight excluding hydrogens is 260 g/mol. The van der Waals surface area contributed by atoms with E-state index in [1.165, 1.54) is 6.42 Å². The molecule has 19 heavy (non-hydrogen) atoms. The van der Waals surface area contributed by atoms with Gasteiger partial charge in [0.2, 0.25) is 10.0 Å². The number of hydrogen-bond donors (Lipinski definition) is 1. The summed E-state index contributed by atoms with van der Waals surface area (Å²) < 4.78 is 27.2. The second kappa shape index (κ2) is 3.96. The van der Waals surface area contributed by atoms with E-state index in [1.807, 2.05) is 12.1 Å². The van der Waals surface area contributed by atoms with Crippen molar-refractivity contribution in [3.63, 3.8) is 0 Å². The van der Waals surface area contributed by atoms with Crippen LogP contribution in [0.2, 0.25) is 0 Å². The lowest BCUT2D eigenvalue weighted by molar-refractivity contribution is 0.333. The third kappa shape index (κ3) is 1.71. The normalized spacial score (nSPS) is 29.5. The minimum Gasteiger partial charge on any atom is -0.384 e. The number of nitrogens with one attached hydrogen (secondary N) is 1. The van der Waals surface area contributed by atoms with Crippen molar-refractivity contribution in [1.29, 1.82) is 0 Å². The van der Waals surface area contributed by atoms with E-state index in [0.29, 0.717) is 10.8 Å². The Morgan fingerprint density at radius 1 is 1.26 bits per heavy atom. The predicted octanol–water partition coefficient (Wildman–Crippen LogP) is 1.83. The highest BCUT2D eigenvalue weighted by atomic mass is 32.2. The van der Waals surface area contributed by atoms with E-state index in [9.17, 15) is 8.42 Å². The first-order valence-corrected chi connectivity index (χ1v) is 8.47. The van der Waals surface area contributed by atoms with E-state index in [-0.39, 0.29) is 6.04 Å². The summed E-state index contributed by atoms with van der Waals surface area (Å²) in [4.78, 5) is 0.475. The largest absolute Gasteiger partial charge is 0.384 e. The fourth-order valence-electron chi connectivity index (χ4n) is 3.75. The Morgan fingerprint density at radius 2 is 2.16 bits per heavy atom. The number of rotatable bonds is 2. The summed E-state index contributed by atoms with van der Waals surface area (Å²) in [5, 5.41) is 3.27. The molecule has 0 aromatic heterocycles. The third-order valence-corrected chi connectivity index (χ3v) is 6.67. The van der Waals surface area contributed by atoms with Crippen LogP contribution in [0.3, 0.4) is 0 Å². The second-order valence-electron chi connectivity index (χ2n) is 5.90. The van der Waals surface area contributed by atoms with Gasteiger partial charge in [0, 0.05) is 24.8 Å². The van der Waals surface area contributed by atoms with E-state index >= 15 is 0 Å². The van der Waals surface area contributed by atoms with Gasteiger partial charge in [-0.25, -0.2) is 8.42 Å². The first-order valence-electron chi connectivity index (χ1n) is 7.03. The molecule has 1 saturated carbocycles. The lowest BCUT2D eigenvalue weighted by atomic mass is 10.1. The zero-order chi connectivity index (χ0) is 13.0. The van der Waals surface area contributed by atoms with Crippen LogP contribution >= 0.6 is 0 Å². The van der Waals surface area contributed by atoms with Crippen LogP contribution in [0.15, 0.2) is 23.1 Å². The summed E-state index contributed by atoms with van der Waals surface area (Å²) in [7, 11) is -3.29. The zero-order valence-corrected chi connectivity index (χ0v) is 11.6. The Hall–Kier alpha value is -1.07. The average Bonchev–Trinajstić information content (AvgIpc) is 3.13. The topological polar surface area (TPSA) is 49.4 Å². The summed E-state index contributed by atoms with van der Waals surface area (Å²) in [6.45, 7) is 1.63. The monoisotopic (exact) mass is 278 g/mol. The molecule has 2 aliphatic heterocycles. The smallest absolute Gasteiger partial charge is 0.243 e. The Morgan fingerprint density at radius 3 is 2.89 bits per heavy atom. The van der Waals surface area contributed by atoms with Crippen LogP contribution in [0.5, 0.6) is 0 Å². The van der Waals surface area contributed by atoms with Crippen LogP contribution < -0.4 is 5.32 Å². The highest BCUT2D eigenvalue weighted by Gasteiger charge is 2.44. The van der Waals surface area contributed by atoms with Gasteiger partial charge in [0.1, 0.15) is 0 Å². The zero-order valence-electron chi connectivity index (χ0n) is 10.8. The molecule has 0 spiro atoms. The average molecular weight is 278 g/mol. The van der Waals surface area contributed by atoms with E-state index in [0.717, 1.165) is 43.6 Å². The molecule has 2 heterocycles. The molecule has 3 aliphatic rings. The van der Waals surface area contributed by atoms with E-state index in [1.54, 1.807) is 10.4 Å². The first-order chi connectivity index (χ1) is 9.14. The van der Waals surface area contributed by atoms with Gasteiger partial charge >= 0.3 is 0 Å². The summed E-state index contributed by atoms with van der Waals surface area (Å²) in [5.41, 5.74) is 2.22. The van der Waals surface area contributed by atoms with Crippen molar-refractivity contribution in [2.45, 2.75) is 36.6 Å². The SMILES string of the molecule is O=S(=O)(c1ccc2c(c1)CCN2)N1CC2CCC1C2. The van der Waals surface area contributed by atoms with Crippen molar-refractivity contribution in [1.82, 2.24) is 4.31 Å². The summed E-state index contributed by atoms with van der Waals surface area (Å²) in [5.74, 6) is 0.593. The number of hydrogen-bond acceptors (Lipinski definition) is 3. The third-order valence-electron chi connectivity index (χ3n) is 4.75. The number of anilines is 1. The Labute approximate surface area is 113 Å². The van der Waals surface area contributed by atoms with E-state index in [4.69, 9.17) is 0 Å². The van der Waals surface area contributed by atoms with Gasteiger partial charge in [0.25, 0.3) is 0 Å². The van der Waals surface area contributed by atoms with Crippen LogP contribution in [-0.4, -0.2) is 31.9 Å². The first kappa shape index (κ1) is 11.7. The predicted molar refractivity (Wildman–Crippen MR) is 73.7 cm³/mol. The van der Waals surface area contributed by atoms with Crippen LogP contribution in [0.1, 0.15) is 24.8 Å². The van der Waals surface area contributed by atoms with Gasteiger partial charge < -0.3 is 5.32 Å².